The highest BCUT2D eigenvalue weighted by Crippen LogP contribution is 2.34. The van der Waals surface area contributed by atoms with Crippen LogP contribution in [0.1, 0.15) is 69.4 Å². The van der Waals surface area contributed by atoms with Gasteiger partial charge in [0, 0.05) is 43.5 Å². The van der Waals surface area contributed by atoms with Crippen molar-refractivity contribution in [2.24, 2.45) is 17.0 Å². The van der Waals surface area contributed by atoms with Crippen molar-refractivity contribution in [1.29, 1.82) is 0 Å². The Balaban J connectivity index is 0.00000392. The average molecular weight is 666 g/mol. The van der Waals surface area contributed by atoms with E-state index in [9.17, 15) is 14.7 Å². The summed E-state index contributed by atoms with van der Waals surface area (Å²) in [5.74, 6) is 5.91. The second-order valence-electron chi connectivity index (χ2n) is 12.1. The maximum Gasteiger partial charge on any atom is 0.296 e. The highest BCUT2D eigenvalue weighted by molar-refractivity contribution is 6.43. The molecule has 0 bridgehead atoms. The van der Waals surface area contributed by atoms with E-state index in [0.717, 1.165) is 44.0 Å². The third-order valence-corrected chi connectivity index (χ3v) is 7.66. The predicted octanol–water partition coefficient (Wildman–Crippen LogP) is 4.71. The van der Waals surface area contributed by atoms with Gasteiger partial charge in [-0.15, -0.1) is 0 Å². The average Bonchev–Trinajstić information content (AvgIpc) is 3.27. The number of aliphatic hydroxyl groups excluding tert-OH is 1. The Labute approximate surface area is 286 Å². The normalized spacial score (nSPS) is 16.2. The molecule has 48 heavy (non-hydrogen) atoms. The van der Waals surface area contributed by atoms with Crippen LogP contribution in [0.4, 0.5) is 0 Å². The summed E-state index contributed by atoms with van der Waals surface area (Å²) in [5.41, 5.74) is 9.03. The largest absolute Gasteiger partial charge is 0.498 e. The van der Waals surface area contributed by atoms with Crippen molar-refractivity contribution in [3.05, 3.63) is 93.8 Å². The van der Waals surface area contributed by atoms with Gasteiger partial charge >= 0.3 is 0 Å². The Hall–Kier alpha value is -4.16. The van der Waals surface area contributed by atoms with Crippen LogP contribution in [0.3, 0.4) is 0 Å². The zero-order valence-corrected chi connectivity index (χ0v) is 29.9. The molecular weight excluding hydrogens is 610 g/mol. The number of carbonyl (C=O) groups excluding carboxylic acids is 2. The number of carbonyl (C=O) groups is 2. The highest BCUT2D eigenvalue weighted by Gasteiger charge is 2.27. The lowest BCUT2D eigenvalue weighted by Crippen LogP contribution is -2.38. The van der Waals surface area contributed by atoms with E-state index < -0.39 is 11.7 Å². The number of methoxy groups -OCH3 is 1. The van der Waals surface area contributed by atoms with Crippen LogP contribution in [-0.2, 0) is 14.3 Å². The van der Waals surface area contributed by atoms with Crippen LogP contribution in [0.2, 0.25) is 0 Å². The number of nitrogens with zero attached hydrogens (tertiary/aromatic N) is 2. The van der Waals surface area contributed by atoms with Gasteiger partial charge in [0.05, 0.1) is 38.3 Å². The van der Waals surface area contributed by atoms with Crippen molar-refractivity contribution in [2.45, 2.75) is 54.9 Å². The zero-order chi connectivity index (χ0) is 35.9. The fourth-order valence-corrected chi connectivity index (χ4v) is 4.94. The Kier molecular flexibility index (Phi) is 16.3. The maximum absolute atomic E-state index is 13.7. The van der Waals surface area contributed by atoms with Gasteiger partial charge in [0.2, 0.25) is 0 Å². The number of rotatable bonds is 13. The molecule has 1 fully saturated rings. The lowest BCUT2D eigenvalue weighted by Gasteiger charge is -2.26. The summed E-state index contributed by atoms with van der Waals surface area (Å²) >= 11 is 0. The van der Waals surface area contributed by atoms with Crippen LogP contribution in [0.25, 0.3) is 6.08 Å². The number of hydrogen-bond acceptors (Lipinski definition) is 10. The topological polar surface area (TPSA) is 153 Å². The van der Waals surface area contributed by atoms with Crippen LogP contribution < -0.4 is 21.6 Å². The zero-order valence-electron chi connectivity index (χ0n) is 29.9. The first-order valence-corrected chi connectivity index (χ1v) is 16.4. The van der Waals surface area contributed by atoms with E-state index >= 15 is 0 Å². The molecule has 2 aliphatic rings. The second-order valence-corrected chi connectivity index (χ2v) is 12.1. The number of Topliss-reactive ketones (excluding diaryl/α,β-unsaturated/α-hetero) is 1. The number of benzene rings is 1. The SMILES string of the molecule is C/C=C\C=C/c1c(C(=O)C(=O)NC2=CC(C(C)(C)C)=CC(N(N)/C=C(\N)CO)=C(OC)C2)ccc(OCCN2CCOCC2)c1C.CC. The fraction of sp³-hybridized carbons (Fsp3) is 0.459. The van der Waals surface area contributed by atoms with Crippen LogP contribution in [0.5, 0.6) is 5.75 Å². The number of allylic oxidation sites excluding steroid dienone is 6. The molecule has 3 rings (SSSR count). The number of nitrogens with one attached hydrogen (secondary N) is 1. The number of amides is 1. The summed E-state index contributed by atoms with van der Waals surface area (Å²) in [6, 6.07) is 3.38. The number of aliphatic hydroxyl groups is 1. The number of hydrazine groups is 1. The summed E-state index contributed by atoms with van der Waals surface area (Å²) in [6.45, 7) is 17.9. The molecule has 1 aromatic rings. The Morgan fingerprint density at radius 1 is 1.15 bits per heavy atom. The maximum atomic E-state index is 13.7. The molecule has 1 aromatic carbocycles. The number of ketones is 1. The molecule has 1 saturated heterocycles. The first-order valence-electron chi connectivity index (χ1n) is 16.4. The minimum atomic E-state index is -0.784. The van der Waals surface area contributed by atoms with Gasteiger partial charge in [0.1, 0.15) is 18.1 Å². The molecule has 264 valence electrons. The van der Waals surface area contributed by atoms with E-state index in [-0.39, 0.29) is 29.7 Å². The molecule has 6 N–H and O–H groups in total. The molecule has 0 atom stereocenters. The highest BCUT2D eigenvalue weighted by atomic mass is 16.5. The van der Waals surface area contributed by atoms with Crippen molar-refractivity contribution in [3.63, 3.8) is 0 Å². The minimum absolute atomic E-state index is 0.143. The quantitative estimate of drug-likeness (QED) is 0.0767. The molecule has 0 spiro atoms. The van der Waals surface area contributed by atoms with Gasteiger partial charge in [-0.2, -0.15) is 0 Å². The molecule has 11 nitrogen and oxygen atoms in total. The summed E-state index contributed by atoms with van der Waals surface area (Å²) in [6.07, 6.45) is 12.6. The molecule has 1 aliphatic carbocycles. The van der Waals surface area contributed by atoms with Gasteiger partial charge in [-0.3, -0.25) is 19.5 Å². The van der Waals surface area contributed by atoms with E-state index in [1.165, 1.54) is 18.3 Å². The van der Waals surface area contributed by atoms with E-state index in [1.807, 2.05) is 84.9 Å². The van der Waals surface area contributed by atoms with Crippen LogP contribution in [0, 0.1) is 12.3 Å². The molecule has 0 unspecified atom stereocenters. The van der Waals surface area contributed by atoms with E-state index in [0.29, 0.717) is 35.1 Å². The van der Waals surface area contributed by atoms with E-state index in [4.69, 9.17) is 25.8 Å². The molecule has 0 saturated carbocycles. The molecule has 0 aromatic heterocycles. The molecule has 0 radical (unpaired) electrons. The molecular formula is C37H55N5O6. The Bertz CT molecular complexity index is 1440. The van der Waals surface area contributed by atoms with Gasteiger partial charge in [0.25, 0.3) is 11.7 Å². The van der Waals surface area contributed by atoms with Gasteiger partial charge in [-0.05, 0) is 60.2 Å². The number of ether oxygens (including phenoxy) is 3. The first kappa shape index (κ1) is 40.0. The molecule has 1 aliphatic heterocycles. The third-order valence-electron chi connectivity index (χ3n) is 7.66. The van der Waals surface area contributed by atoms with Gasteiger partial charge < -0.3 is 30.4 Å². The molecule has 11 heteroatoms. The Morgan fingerprint density at radius 2 is 1.83 bits per heavy atom. The van der Waals surface area contributed by atoms with Gasteiger partial charge in [0.15, 0.2) is 0 Å². The summed E-state index contributed by atoms with van der Waals surface area (Å²) in [7, 11) is 1.50. The van der Waals surface area contributed by atoms with Crippen molar-refractivity contribution in [2.75, 3.05) is 53.2 Å². The second kappa shape index (κ2) is 19.6. The standard InChI is InChI=1S/C35H49N5O6.C2H6/c1-7-8-9-10-28-24(2)31(46-18-15-39-13-16-45-17-14-39)12-11-29(28)33(42)34(43)38-27-19-25(35(3,4)5)20-30(32(21-27)44-6)40(37)22-26(36)23-41;1-2/h7-12,19-20,22,41H,13-18,21,23,36-37H2,1-6H3,(H,38,43);1-2H3/b8-7-,10-9-,26-22-;. The van der Waals surface area contributed by atoms with Crippen molar-refractivity contribution >= 4 is 17.8 Å². The minimum Gasteiger partial charge on any atom is -0.498 e. The van der Waals surface area contributed by atoms with Gasteiger partial charge in [-0.25, -0.2) is 5.84 Å². The van der Waals surface area contributed by atoms with Crippen LogP contribution >= 0.6 is 0 Å². The monoisotopic (exact) mass is 665 g/mol. The number of nitrogens with two attached hydrogens (primary N) is 2. The Morgan fingerprint density at radius 3 is 2.44 bits per heavy atom. The lowest BCUT2D eigenvalue weighted by molar-refractivity contribution is -0.116. The summed E-state index contributed by atoms with van der Waals surface area (Å²) in [5, 5.41) is 13.5. The number of morpholine rings is 1. The van der Waals surface area contributed by atoms with Crippen LogP contribution in [0.15, 0.2) is 77.1 Å². The number of hydrogen-bond donors (Lipinski definition) is 4. The van der Waals surface area contributed by atoms with E-state index in [1.54, 1.807) is 12.1 Å². The van der Waals surface area contributed by atoms with Gasteiger partial charge in [-0.1, -0.05) is 58.9 Å². The van der Waals surface area contributed by atoms with E-state index in [2.05, 4.69) is 10.2 Å². The third kappa shape index (κ3) is 11.5. The summed E-state index contributed by atoms with van der Waals surface area (Å²) in [4.78, 5) is 29.6. The van der Waals surface area contributed by atoms with Crippen molar-refractivity contribution in [3.8, 4) is 5.75 Å². The molecule has 1 heterocycles. The smallest absolute Gasteiger partial charge is 0.296 e. The van der Waals surface area contributed by atoms with Crippen molar-refractivity contribution in [1.82, 2.24) is 15.2 Å². The summed E-state index contributed by atoms with van der Waals surface area (Å²) < 4.78 is 17.2. The van der Waals surface area contributed by atoms with Crippen molar-refractivity contribution < 1.29 is 28.9 Å². The predicted molar refractivity (Wildman–Crippen MR) is 191 cm³/mol. The first-order chi connectivity index (χ1) is 22.9. The lowest BCUT2D eigenvalue weighted by atomic mass is 9.85. The fourth-order valence-electron chi connectivity index (χ4n) is 4.94. The van der Waals surface area contributed by atoms with Crippen LogP contribution in [-0.4, -0.2) is 79.9 Å². The molecule has 1 amide bonds.